The minimum absolute atomic E-state index is 0.156. The summed E-state index contributed by atoms with van der Waals surface area (Å²) >= 11 is 6.03. The zero-order valence-corrected chi connectivity index (χ0v) is 21.2. The number of aromatic nitrogens is 1. The van der Waals surface area contributed by atoms with Crippen LogP contribution in [0.5, 0.6) is 0 Å². The van der Waals surface area contributed by atoms with Gasteiger partial charge in [-0.25, -0.2) is 0 Å². The van der Waals surface area contributed by atoms with Crippen molar-refractivity contribution in [1.82, 2.24) is 15.2 Å². The van der Waals surface area contributed by atoms with Crippen LogP contribution in [0.25, 0.3) is 10.9 Å². The molecule has 1 aliphatic heterocycles. The number of hydrogen-bond acceptors (Lipinski definition) is 3. The number of amides is 2. The lowest BCUT2D eigenvalue weighted by molar-refractivity contribution is -0.155. The van der Waals surface area contributed by atoms with E-state index < -0.39 is 17.1 Å². The fourth-order valence-corrected chi connectivity index (χ4v) is 5.14. The van der Waals surface area contributed by atoms with E-state index >= 15 is 0 Å². The number of hydrogen-bond donors (Lipinski definition) is 3. The zero-order valence-electron chi connectivity index (χ0n) is 20.4. The Morgan fingerprint density at radius 3 is 2.54 bits per heavy atom. The van der Waals surface area contributed by atoms with Crippen molar-refractivity contribution in [3.63, 3.8) is 0 Å². The van der Waals surface area contributed by atoms with Crippen LogP contribution < -0.4 is 5.32 Å². The smallest absolute Gasteiger partial charge is 0.249 e. The molecule has 2 heterocycles. The lowest BCUT2D eigenvalue weighted by Gasteiger charge is -2.51. The van der Waals surface area contributed by atoms with Crippen molar-refractivity contribution in [1.29, 1.82) is 0 Å². The highest BCUT2D eigenvalue weighted by atomic mass is 35.5. The van der Waals surface area contributed by atoms with Gasteiger partial charge in [0, 0.05) is 40.6 Å². The average molecular weight is 494 g/mol. The monoisotopic (exact) mass is 493 g/mol. The molecule has 1 fully saturated rings. The van der Waals surface area contributed by atoms with Crippen LogP contribution in [0.4, 0.5) is 0 Å². The van der Waals surface area contributed by atoms with Crippen LogP contribution in [0.1, 0.15) is 38.3 Å². The van der Waals surface area contributed by atoms with Crippen LogP contribution in [0, 0.1) is 5.41 Å². The maximum absolute atomic E-state index is 13.5. The third kappa shape index (κ3) is 4.86. The summed E-state index contributed by atoms with van der Waals surface area (Å²) in [6.45, 7) is 10.3. The molecule has 3 aromatic rings. The van der Waals surface area contributed by atoms with Gasteiger partial charge in [-0.15, -0.1) is 0 Å². The number of piperidine rings is 1. The summed E-state index contributed by atoms with van der Waals surface area (Å²) in [6.07, 6.45) is 2.36. The molecule has 0 radical (unpaired) electrons. The molecule has 2 atom stereocenters. The van der Waals surface area contributed by atoms with Crippen LogP contribution in [0.15, 0.2) is 66.9 Å². The van der Waals surface area contributed by atoms with Gasteiger partial charge in [0.15, 0.2) is 0 Å². The number of halogens is 1. The standard InChI is InChI=1S/C28H32ClN3O3/c1-18(2)25(31-24(33)15-19-16-30-23-8-6-5-7-22(19)23)26(34)32-14-13-28(35,27(3,4)17-32)20-9-11-21(29)12-10-20/h5-12,16,25,30,35H,1,13-15,17H2,2-4H3,(H,31,33)/t25-,28+/m1/s1. The first kappa shape index (κ1) is 25.0. The summed E-state index contributed by atoms with van der Waals surface area (Å²) < 4.78 is 0. The highest BCUT2D eigenvalue weighted by Gasteiger charge is 2.50. The van der Waals surface area contributed by atoms with Crippen molar-refractivity contribution in [2.45, 2.75) is 45.3 Å². The molecule has 0 bridgehead atoms. The highest BCUT2D eigenvalue weighted by Crippen LogP contribution is 2.46. The summed E-state index contributed by atoms with van der Waals surface area (Å²) in [5, 5.41) is 16.1. The van der Waals surface area contributed by atoms with E-state index in [-0.39, 0.29) is 18.2 Å². The molecular formula is C28H32ClN3O3. The second-order valence-corrected chi connectivity index (χ2v) is 10.6. The van der Waals surface area contributed by atoms with Gasteiger partial charge < -0.3 is 20.3 Å². The second-order valence-electron chi connectivity index (χ2n) is 10.1. The van der Waals surface area contributed by atoms with Gasteiger partial charge in [0.05, 0.1) is 12.0 Å². The molecular weight excluding hydrogens is 462 g/mol. The van der Waals surface area contributed by atoms with Crippen molar-refractivity contribution in [3.05, 3.63) is 83.0 Å². The predicted octanol–water partition coefficient (Wildman–Crippen LogP) is 4.57. The fourth-order valence-electron chi connectivity index (χ4n) is 5.01. The fraction of sp³-hybridized carbons (Fsp3) is 0.357. The van der Waals surface area contributed by atoms with E-state index in [9.17, 15) is 14.7 Å². The first-order valence-corrected chi connectivity index (χ1v) is 12.2. The molecule has 0 saturated carbocycles. The Labute approximate surface area is 211 Å². The Bertz CT molecular complexity index is 1260. The van der Waals surface area contributed by atoms with Crippen molar-refractivity contribution < 1.29 is 14.7 Å². The van der Waals surface area contributed by atoms with E-state index in [1.807, 2.05) is 56.4 Å². The molecule has 1 aromatic heterocycles. The minimum atomic E-state index is -1.11. The van der Waals surface area contributed by atoms with Crippen molar-refractivity contribution in [2.75, 3.05) is 13.1 Å². The van der Waals surface area contributed by atoms with Crippen molar-refractivity contribution in [2.24, 2.45) is 5.41 Å². The molecule has 2 amide bonds. The average Bonchev–Trinajstić information content (AvgIpc) is 3.21. The summed E-state index contributed by atoms with van der Waals surface area (Å²) in [6, 6.07) is 14.2. The third-order valence-corrected chi connectivity index (χ3v) is 7.41. The number of likely N-dealkylation sites (tertiary alicyclic amines) is 1. The molecule has 35 heavy (non-hydrogen) atoms. The number of benzene rings is 2. The molecule has 1 saturated heterocycles. The number of nitrogens with one attached hydrogen (secondary N) is 2. The lowest BCUT2D eigenvalue weighted by Crippen LogP contribution is -2.60. The van der Waals surface area contributed by atoms with Gasteiger partial charge >= 0.3 is 0 Å². The van der Waals surface area contributed by atoms with Crippen molar-refractivity contribution >= 4 is 34.3 Å². The number of H-pyrrole nitrogens is 1. The number of carbonyl (C=O) groups is 2. The van der Waals surface area contributed by atoms with E-state index in [0.29, 0.717) is 30.1 Å². The van der Waals surface area contributed by atoms with Crippen LogP contribution in [-0.2, 0) is 21.6 Å². The molecule has 1 aliphatic rings. The van der Waals surface area contributed by atoms with Crippen molar-refractivity contribution in [3.8, 4) is 0 Å². The number of rotatable bonds is 6. The molecule has 6 nitrogen and oxygen atoms in total. The summed E-state index contributed by atoms with van der Waals surface area (Å²) in [5.41, 5.74) is 1.46. The SMILES string of the molecule is C=C(C)[C@@H](NC(=O)Cc1c[nH]c2ccccc12)C(=O)N1CC[C@](O)(c2ccc(Cl)cc2)C(C)(C)C1. The van der Waals surface area contributed by atoms with E-state index in [2.05, 4.69) is 16.9 Å². The topological polar surface area (TPSA) is 85.4 Å². The zero-order chi connectivity index (χ0) is 25.4. The highest BCUT2D eigenvalue weighted by molar-refractivity contribution is 6.30. The Morgan fingerprint density at radius 2 is 1.89 bits per heavy atom. The first-order valence-electron chi connectivity index (χ1n) is 11.8. The van der Waals surface area contributed by atoms with E-state index in [1.54, 1.807) is 24.0 Å². The summed E-state index contributed by atoms with van der Waals surface area (Å²) in [4.78, 5) is 31.3. The maximum atomic E-state index is 13.5. The van der Waals surface area contributed by atoms with Gasteiger partial charge in [0.2, 0.25) is 11.8 Å². The van der Waals surface area contributed by atoms with Gasteiger partial charge in [-0.3, -0.25) is 9.59 Å². The normalized spacial score (nSPS) is 20.4. The number of aliphatic hydroxyl groups is 1. The molecule has 3 N–H and O–H groups in total. The van der Waals surface area contributed by atoms with Crippen LogP contribution in [0.2, 0.25) is 5.02 Å². The van der Waals surface area contributed by atoms with E-state index in [4.69, 9.17) is 11.6 Å². The molecule has 4 rings (SSSR count). The minimum Gasteiger partial charge on any atom is -0.384 e. The molecule has 2 aromatic carbocycles. The molecule has 0 spiro atoms. The summed E-state index contributed by atoms with van der Waals surface area (Å²) in [5.74, 6) is -0.457. The van der Waals surface area contributed by atoms with E-state index in [0.717, 1.165) is 22.0 Å². The van der Waals surface area contributed by atoms with Gasteiger partial charge in [0.25, 0.3) is 0 Å². The lowest BCUT2D eigenvalue weighted by atomic mass is 9.66. The third-order valence-electron chi connectivity index (χ3n) is 7.15. The maximum Gasteiger partial charge on any atom is 0.249 e. The Hall–Kier alpha value is -3.09. The largest absolute Gasteiger partial charge is 0.384 e. The van der Waals surface area contributed by atoms with Gasteiger partial charge in [-0.05, 0) is 48.2 Å². The van der Waals surface area contributed by atoms with Gasteiger partial charge in [-0.2, -0.15) is 0 Å². The molecule has 0 unspecified atom stereocenters. The Kier molecular flexibility index (Phi) is 6.80. The second kappa shape index (κ2) is 9.51. The molecule has 7 heteroatoms. The Balaban J connectivity index is 1.47. The summed E-state index contributed by atoms with van der Waals surface area (Å²) in [7, 11) is 0. The molecule has 184 valence electrons. The quantitative estimate of drug-likeness (QED) is 0.440. The van der Waals surface area contributed by atoms with Crippen LogP contribution in [0.3, 0.4) is 0 Å². The van der Waals surface area contributed by atoms with E-state index in [1.165, 1.54) is 0 Å². The van der Waals surface area contributed by atoms with Gasteiger partial charge in [0.1, 0.15) is 6.04 Å². The first-order chi connectivity index (χ1) is 16.5. The number of aromatic amines is 1. The Morgan fingerprint density at radius 1 is 1.20 bits per heavy atom. The van der Waals surface area contributed by atoms with Crippen LogP contribution in [-0.4, -0.2) is 45.9 Å². The molecule has 0 aliphatic carbocycles. The predicted molar refractivity (Wildman–Crippen MR) is 139 cm³/mol. The number of nitrogens with zero attached hydrogens (tertiary/aromatic N) is 1. The van der Waals surface area contributed by atoms with Gasteiger partial charge in [-0.1, -0.05) is 62.4 Å². The number of fused-ring (bicyclic) bond motifs is 1. The number of para-hydroxylation sites is 1. The number of carbonyl (C=O) groups excluding carboxylic acids is 2. The van der Waals surface area contributed by atoms with Crippen LogP contribution >= 0.6 is 11.6 Å².